The molecule has 122 valence electrons. The molecule has 0 saturated heterocycles. The van der Waals surface area contributed by atoms with Gasteiger partial charge >= 0.3 is 0 Å². The maximum atomic E-state index is 11.2. The molecule has 4 nitrogen and oxygen atoms in total. The van der Waals surface area contributed by atoms with Crippen LogP contribution in [0.25, 0.3) is 11.0 Å². The molecule has 0 amide bonds. The van der Waals surface area contributed by atoms with E-state index < -0.39 is 5.72 Å². The van der Waals surface area contributed by atoms with Crippen LogP contribution in [0, 0.1) is 13.8 Å². The summed E-state index contributed by atoms with van der Waals surface area (Å²) < 4.78 is 0. The van der Waals surface area contributed by atoms with Crippen LogP contribution in [0.2, 0.25) is 0 Å². The SMILES string of the molecule is Cc1cc2nc3c(nc2cc1C)SC(C)C(O)(c1ccccc1)N3. The van der Waals surface area contributed by atoms with Crippen LogP contribution in [-0.2, 0) is 5.72 Å². The molecule has 1 aliphatic heterocycles. The highest BCUT2D eigenvalue weighted by Crippen LogP contribution is 2.44. The molecule has 2 N–H and O–H groups in total. The highest BCUT2D eigenvalue weighted by atomic mass is 32.2. The number of aromatic nitrogens is 2. The summed E-state index contributed by atoms with van der Waals surface area (Å²) in [5, 5.41) is 15.2. The van der Waals surface area contributed by atoms with Crippen LogP contribution < -0.4 is 5.32 Å². The third-order valence-corrected chi connectivity index (χ3v) is 5.85. The molecule has 2 atom stereocenters. The number of benzene rings is 2. The molecule has 5 heteroatoms. The number of thioether (sulfide) groups is 1. The largest absolute Gasteiger partial charge is 0.366 e. The first-order valence-corrected chi connectivity index (χ1v) is 8.87. The van der Waals surface area contributed by atoms with E-state index in [1.165, 1.54) is 11.1 Å². The molecule has 0 fully saturated rings. The molecule has 0 aliphatic carbocycles. The lowest BCUT2D eigenvalue weighted by Crippen LogP contribution is -2.46. The van der Waals surface area contributed by atoms with Crippen molar-refractivity contribution in [1.29, 1.82) is 0 Å². The first kappa shape index (κ1) is 15.4. The molecule has 2 heterocycles. The Morgan fingerprint density at radius 3 is 2.33 bits per heavy atom. The number of nitrogens with zero attached hydrogens (tertiary/aromatic N) is 2. The Bertz CT molecular complexity index is 929. The zero-order chi connectivity index (χ0) is 16.9. The number of hydrogen-bond donors (Lipinski definition) is 2. The van der Waals surface area contributed by atoms with E-state index in [0.717, 1.165) is 21.6 Å². The average Bonchev–Trinajstić information content (AvgIpc) is 2.57. The van der Waals surface area contributed by atoms with Crippen LogP contribution in [0.5, 0.6) is 0 Å². The van der Waals surface area contributed by atoms with Gasteiger partial charge in [0.1, 0.15) is 5.03 Å². The molecule has 0 saturated carbocycles. The fraction of sp³-hybridized carbons (Fsp3) is 0.263. The van der Waals surface area contributed by atoms with Gasteiger partial charge in [-0.25, -0.2) is 9.97 Å². The smallest absolute Gasteiger partial charge is 0.175 e. The number of fused-ring (bicyclic) bond motifs is 2. The van der Waals surface area contributed by atoms with E-state index in [0.29, 0.717) is 5.82 Å². The summed E-state index contributed by atoms with van der Waals surface area (Å²) in [5.74, 6) is 0.639. The summed E-state index contributed by atoms with van der Waals surface area (Å²) in [6, 6.07) is 13.8. The quantitative estimate of drug-likeness (QED) is 0.703. The molecule has 2 aromatic carbocycles. The molecule has 2 unspecified atom stereocenters. The van der Waals surface area contributed by atoms with Crippen LogP contribution in [0.4, 0.5) is 5.82 Å². The van der Waals surface area contributed by atoms with Crippen molar-refractivity contribution in [2.75, 3.05) is 5.32 Å². The normalized spacial score (nSPS) is 22.9. The van der Waals surface area contributed by atoms with E-state index in [1.54, 1.807) is 11.8 Å². The van der Waals surface area contributed by atoms with Gasteiger partial charge in [0.15, 0.2) is 11.5 Å². The fourth-order valence-corrected chi connectivity index (χ4v) is 4.05. The second kappa shape index (κ2) is 5.46. The van der Waals surface area contributed by atoms with Gasteiger partial charge in [-0.15, -0.1) is 0 Å². The number of anilines is 1. The summed E-state index contributed by atoms with van der Waals surface area (Å²) in [6.07, 6.45) is 0. The van der Waals surface area contributed by atoms with Crippen molar-refractivity contribution < 1.29 is 5.11 Å². The highest BCUT2D eigenvalue weighted by molar-refractivity contribution is 8.00. The Morgan fingerprint density at radius 2 is 1.67 bits per heavy atom. The number of nitrogens with one attached hydrogen (secondary N) is 1. The van der Waals surface area contributed by atoms with Crippen molar-refractivity contribution in [3.63, 3.8) is 0 Å². The minimum absolute atomic E-state index is 0.0919. The van der Waals surface area contributed by atoms with Gasteiger partial charge in [-0.3, -0.25) is 0 Å². The molecule has 0 radical (unpaired) electrons. The zero-order valence-corrected chi connectivity index (χ0v) is 14.7. The van der Waals surface area contributed by atoms with Gasteiger partial charge in [-0.05, 0) is 44.0 Å². The van der Waals surface area contributed by atoms with E-state index >= 15 is 0 Å². The Hall–Kier alpha value is -2.11. The third kappa shape index (κ3) is 2.36. The summed E-state index contributed by atoms with van der Waals surface area (Å²) in [5.41, 5.74) is 3.79. The van der Waals surface area contributed by atoms with Gasteiger partial charge < -0.3 is 10.4 Å². The first-order valence-electron chi connectivity index (χ1n) is 7.99. The molecule has 24 heavy (non-hydrogen) atoms. The lowest BCUT2D eigenvalue weighted by atomic mass is 9.99. The van der Waals surface area contributed by atoms with Gasteiger partial charge in [0.05, 0.1) is 16.3 Å². The second-order valence-electron chi connectivity index (χ2n) is 6.32. The highest BCUT2D eigenvalue weighted by Gasteiger charge is 2.41. The Kier molecular flexibility index (Phi) is 3.51. The zero-order valence-electron chi connectivity index (χ0n) is 13.9. The monoisotopic (exact) mass is 337 g/mol. The Labute approximate surface area is 145 Å². The van der Waals surface area contributed by atoms with E-state index in [1.807, 2.05) is 43.3 Å². The van der Waals surface area contributed by atoms with Crippen LogP contribution >= 0.6 is 11.8 Å². The number of aliphatic hydroxyl groups is 1. The van der Waals surface area contributed by atoms with Gasteiger partial charge in [-0.2, -0.15) is 0 Å². The maximum absolute atomic E-state index is 11.2. The van der Waals surface area contributed by atoms with Crippen molar-refractivity contribution in [1.82, 2.24) is 9.97 Å². The lowest BCUT2D eigenvalue weighted by Gasteiger charge is -2.39. The molecular formula is C19H19N3OS. The van der Waals surface area contributed by atoms with Crippen LogP contribution in [0.1, 0.15) is 23.6 Å². The van der Waals surface area contributed by atoms with Crippen molar-refractivity contribution >= 4 is 28.6 Å². The van der Waals surface area contributed by atoms with Crippen LogP contribution in [-0.4, -0.2) is 20.3 Å². The average molecular weight is 337 g/mol. The second-order valence-corrected chi connectivity index (χ2v) is 7.65. The van der Waals surface area contributed by atoms with Gasteiger partial charge in [-0.1, -0.05) is 42.1 Å². The van der Waals surface area contributed by atoms with Crippen LogP contribution in [0.3, 0.4) is 0 Å². The van der Waals surface area contributed by atoms with E-state index in [-0.39, 0.29) is 5.25 Å². The molecule has 0 spiro atoms. The number of aryl methyl sites for hydroxylation is 2. The molecule has 3 aromatic rings. The predicted molar refractivity (Wildman–Crippen MR) is 98.3 cm³/mol. The molecule has 4 rings (SSSR count). The summed E-state index contributed by atoms with van der Waals surface area (Å²) in [4.78, 5) is 9.47. The van der Waals surface area contributed by atoms with Gasteiger partial charge in [0, 0.05) is 5.56 Å². The van der Waals surface area contributed by atoms with Crippen LogP contribution in [0.15, 0.2) is 47.5 Å². The number of hydrogen-bond acceptors (Lipinski definition) is 5. The molecule has 0 bridgehead atoms. The minimum atomic E-state index is -1.17. The van der Waals surface area contributed by atoms with Crippen molar-refractivity contribution in [3.05, 3.63) is 59.2 Å². The van der Waals surface area contributed by atoms with Gasteiger partial charge in [0.2, 0.25) is 0 Å². The standard InChI is InChI=1S/C19H19N3OS/c1-11-9-15-16(10-12(11)2)21-18-17(20-15)22-19(23,13(3)24-18)14-7-5-4-6-8-14/h4-10,13,23H,1-3H3,(H,20,22). The Morgan fingerprint density at radius 1 is 1.04 bits per heavy atom. The van der Waals surface area contributed by atoms with Crippen molar-refractivity contribution in [3.8, 4) is 0 Å². The Balaban J connectivity index is 1.84. The maximum Gasteiger partial charge on any atom is 0.175 e. The summed E-state index contributed by atoms with van der Waals surface area (Å²) >= 11 is 1.55. The predicted octanol–water partition coefficient (Wildman–Crippen LogP) is 4.00. The van der Waals surface area contributed by atoms with E-state index in [4.69, 9.17) is 9.97 Å². The molecule has 1 aromatic heterocycles. The summed E-state index contributed by atoms with van der Waals surface area (Å²) in [7, 11) is 0. The van der Waals surface area contributed by atoms with Gasteiger partial charge in [0.25, 0.3) is 0 Å². The minimum Gasteiger partial charge on any atom is -0.366 e. The molecule has 1 aliphatic rings. The molecular weight excluding hydrogens is 318 g/mol. The third-order valence-electron chi connectivity index (χ3n) is 4.65. The lowest BCUT2D eigenvalue weighted by molar-refractivity contribution is 0.0668. The topological polar surface area (TPSA) is 58.0 Å². The van der Waals surface area contributed by atoms with E-state index in [2.05, 4.69) is 25.2 Å². The summed E-state index contributed by atoms with van der Waals surface area (Å²) in [6.45, 7) is 6.15. The first-order chi connectivity index (χ1) is 11.5. The van der Waals surface area contributed by atoms with Crippen molar-refractivity contribution in [2.24, 2.45) is 0 Å². The van der Waals surface area contributed by atoms with E-state index in [9.17, 15) is 5.11 Å². The fourth-order valence-electron chi connectivity index (χ4n) is 2.99. The van der Waals surface area contributed by atoms with Crippen molar-refractivity contribution in [2.45, 2.75) is 36.8 Å². The number of rotatable bonds is 1.